The van der Waals surface area contributed by atoms with Gasteiger partial charge in [0.25, 0.3) is 0 Å². The first-order chi connectivity index (χ1) is 14.2. The van der Waals surface area contributed by atoms with Crippen molar-refractivity contribution in [3.05, 3.63) is 23.8 Å². The second-order valence-electron chi connectivity index (χ2n) is 8.76. The number of methoxy groups -OCH3 is 3. The lowest BCUT2D eigenvalue weighted by Crippen LogP contribution is -2.38. The Labute approximate surface area is 180 Å². The number of hydrogen-bond acceptors (Lipinski definition) is 5. The summed E-state index contributed by atoms with van der Waals surface area (Å²) in [5.74, 6) is 0.159. The Morgan fingerprint density at radius 1 is 1.27 bits per heavy atom. The molecule has 0 aliphatic carbocycles. The Bertz CT molecular complexity index is 730. The van der Waals surface area contributed by atoms with Crippen molar-refractivity contribution in [1.82, 2.24) is 5.32 Å². The van der Waals surface area contributed by atoms with Gasteiger partial charge in [0.2, 0.25) is 11.8 Å². The van der Waals surface area contributed by atoms with Crippen LogP contribution in [0.25, 0.3) is 0 Å². The molecule has 0 bridgehead atoms. The van der Waals surface area contributed by atoms with E-state index in [0.717, 1.165) is 30.5 Å². The highest BCUT2D eigenvalue weighted by Gasteiger charge is 2.36. The molecule has 1 N–H and O–H groups in total. The molecule has 1 fully saturated rings. The van der Waals surface area contributed by atoms with E-state index in [0.29, 0.717) is 18.8 Å². The van der Waals surface area contributed by atoms with Gasteiger partial charge in [0.05, 0.1) is 18.7 Å². The summed E-state index contributed by atoms with van der Waals surface area (Å²) in [6.45, 7) is 7.16. The Balaban J connectivity index is 1.89. The molecule has 0 saturated carbocycles. The summed E-state index contributed by atoms with van der Waals surface area (Å²) in [7, 11) is 4.86. The summed E-state index contributed by atoms with van der Waals surface area (Å²) in [4.78, 5) is 27.0. The summed E-state index contributed by atoms with van der Waals surface area (Å²) < 4.78 is 15.9. The van der Waals surface area contributed by atoms with Gasteiger partial charge in [-0.05, 0) is 49.3 Å². The Morgan fingerprint density at radius 3 is 2.60 bits per heavy atom. The smallest absolute Gasteiger partial charge is 0.227 e. The van der Waals surface area contributed by atoms with Gasteiger partial charge in [-0.3, -0.25) is 9.59 Å². The van der Waals surface area contributed by atoms with E-state index in [2.05, 4.69) is 19.2 Å². The van der Waals surface area contributed by atoms with Crippen LogP contribution in [0, 0.1) is 18.3 Å². The number of benzene rings is 1. The zero-order chi connectivity index (χ0) is 22.3. The standard InChI is InChI=1S/C23H36N2O5/c1-16-9-10-19(28-4)18(12-16)25-14-17(13-20(25)26)22(27)24-15-23(2,3)11-7-8-21(29-5)30-6/h9-10,12,17,21H,7-8,11,13-15H2,1-6H3,(H,24,27). The van der Waals surface area contributed by atoms with Crippen LogP contribution in [0.3, 0.4) is 0 Å². The molecule has 7 nitrogen and oxygen atoms in total. The molecule has 1 unspecified atom stereocenters. The van der Waals surface area contributed by atoms with Crippen LogP contribution in [0.1, 0.15) is 45.1 Å². The third-order valence-electron chi connectivity index (χ3n) is 5.68. The van der Waals surface area contributed by atoms with Crippen molar-refractivity contribution in [3.63, 3.8) is 0 Å². The fraction of sp³-hybridized carbons (Fsp3) is 0.652. The monoisotopic (exact) mass is 420 g/mol. The summed E-state index contributed by atoms with van der Waals surface area (Å²) in [6.07, 6.45) is 2.72. The van der Waals surface area contributed by atoms with Crippen molar-refractivity contribution in [3.8, 4) is 5.75 Å². The second kappa shape index (κ2) is 10.8. The lowest BCUT2D eigenvalue weighted by molar-refractivity contribution is -0.126. The molecule has 0 spiro atoms. The van der Waals surface area contributed by atoms with E-state index in [1.165, 1.54) is 0 Å². The summed E-state index contributed by atoms with van der Waals surface area (Å²) in [6, 6.07) is 5.72. The number of nitrogens with one attached hydrogen (secondary N) is 1. The maximum Gasteiger partial charge on any atom is 0.227 e. The summed E-state index contributed by atoms with van der Waals surface area (Å²) in [5.41, 5.74) is 1.71. The van der Waals surface area contributed by atoms with E-state index in [4.69, 9.17) is 14.2 Å². The third-order valence-corrected chi connectivity index (χ3v) is 5.68. The normalized spacial score (nSPS) is 17.0. The van der Waals surface area contributed by atoms with Crippen molar-refractivity contribution in [2.45, 2.75) is 52.7 Å². The first-order valence-electron chi connectivity index (χ1n) is 10.5. The average molecular weight is 421 g/mol. The molecular formula is C23H36N2O5. The van der Waals surface area contributed by atoms with Crippen molar-refractivity contribution < 1.29 is 23.8 Å². The lowest BCUT2D eigenvalue weighted by atomic mass is 9.87. The molecule has 2 rings (SSSR count). The molecule has 1 aromatic rings. The number of anilines is 1. The first kappa shape index (κ1) is 24.2. The van der Waals surface area contributed by atoms with Crippen LogP contribution in [0.4, 0.5) is 5.69 Å². The van der Waals surface area contributed by atoms with Gasteiger partial charge in [-0.15, -0.1) is 0 Å². The van der Waals surface area contributed by atoms with E-state index in [9.17, 15) is 9.59 Å². The fourth-order valence-electron chi connectivity index (χ4n) is 3.77. The predicted octanol–water partition coefficient (Wildman–Crippen LogP) is 3.29. The molecule has 168 valence electrons. The average Bonchev–Trinajstić information content (AvgIpc) is 3.11. The van der Waals surface area contributed by atoms with Crippen molar-refractivity contribution >= 4 is 17.5 Å². The molecule has 7 heteroatoms. The van der Waals surface area contributed by atoms with E-state index >= 15 is 0 Å². The van der Waals surface area contributed by atoms with Gasteiger partial charge in [-0.25, -0.2) is 0 Å². The number of carbonyl (C=O) groups is 2. The van der Waals surface area contributed by atoms with E-state index < -0.39 is 0 Å². The maximum absolute atomic E-state index is 12.7. The number of aryl methyl sites for hydroxylation is 1. The topological polar surface area (TPSA) is 77.1 Å². The molecule has 1 saturated heterocycles. The van der Waals surface area contributed by atoms with Crippen molar-refractivity contribution in [1.29, 1.82) is 0 Å². The molecule has 0 radical (unpaired) electrons. The number of amides is 2. The number of rotatable bonds is 11. The van der Waals surface area contributed by atoms with Gasteiger partial charge >= 0.3 is 0 Å². The molecule has 1 aromatic carbocycles. The maximum atomic E-state index is 12.7. The van der Waals surface area contributed by atoms with Gasteiger partial charge < -0.3 is 24.4 Å². The molecule has 1 aliphatic rings. The quantitative estimate of drug-likeness (QED) is 0.556. The van der Waals surface area contributed by atoms with E-state index in [1.54, 1.807) is 26.2 Å². The molecule has 2 amide bonds. The lowest BCUT2D eigenvalue weighted by Gasteiger charge is -2.26. The van der Waals surface area contributed by atoms with Crippen LogP contribution in [0.5, 0.6) is 5.75 Å². The number of hydrogen-bond donors (Lipinski definition) is 1. The minimum absolute atomic E-state index is 0.0518. The first-order valence-corrected chi connectivity index (χ1v) is 10.5. The number of carbonyl (C=O) groups excluding carboxylic acids is 2. The molecule has 1 atom stereocenters. The Hall–Kier alpha value is -2.12. The molecule has 0 aromatic heterocycles. The van der Waals surface area contributed by atoms with Crippen molar-refractivity contribution in [2.24, 2.45) is 11.3 Å². The highest BCUT2D eigenvalue weighted by molar-refractivity contribution is 6.01. The van der Waals surface area contributed by atoms with Crippen LogP contribution < -0.4 is 15.0 Å². The van der Waals surface area contributed by atoms with Gasteiger partial charge in [-0.2, -0.15) is 0 Å². The SMILES string of the molecule is COc1ccc(C)cc1N1CC(C(=O)NCC(C)(C)CCCC(OC)OC)CC1=O. The van der Waals surface area contributed by atoms with E-state index in [1.807, 2.05) is 25.1 Å². The van der Waals surface area contributed by atoms with Gasteiger partial charge in [0, 0.05) is 33.7 Å². The van der Waals surface area contributed by atoms with Crippen LogP contribution >= 0.6 is 0 Å². The number of nitrogens with zero attached hydrogens (tertiary/aromatic N) is 1. The minimum Gasteiger partial charge on any atom is -0.495 e. The zero-order valence-corrected chi connectivity index (χ0v) is 19.1. The molecular weight excluding hydrogens is 384 g/mol. The molecule has 1 aliphatic heterocycles. The van der Waals surface area contributed by atoms with Crippen LogP contribution in [-0.2, 0) is 19.1 Å². The highest BCUT2D eigenvalue weighted by atomic mass is 16.7. The predicted molar refractivity (Wildman–Crippen MR) is 117 cm³/mol. The summed E-state index contributed by atoms with van der Waals surface area (Å²) >= 11 is 0. The minimum atomic E-state index is -0.357. The zero-order valence-electron chi connectivity index (χ0n) is 19.1. The molecule has 30 heavy (non-hydrogen) atoms. The molecule has 1 heterocycles. The Morgan fingerprint density at radius 2 is 1.97 bits per heavy atom. The highest BCUT2D eigenvalue weighted by Crippen LogP contribution is 2.34. The fourth-order valence-corrected chi connectivity index (χ4v) is 3.77. The Kier molecular flexibility index (Phi) is 8.67. The van der Waals surface area contributed by atoms with Crippen LogP contribution in [0.15, 0.2) is 18.2 Å². The second-order valence-corrected chi connectivity index (χ2v) is 8.76. The van der Waals surface area contributed by atoms with Gasteiger partial charge in [0.1, 0.15) is 5.75 Å². The van der Waals surface area contributed by atoms with Gasteiger partial charge in [0.15, 0.2) is 6.29 Å². The van der Waals surface area contributed by atoms with Crippen LogP contribution in [-0.4, -0.2) is 52.5 Å². The van der Waals surface area contributed by atoms with Crippen molar-refractivity contribution in [2.75, 3.05) is 39.3 Å². The van der Waals surface area contributed by atoms with E-state index in [-0.39, 0.29) is 35.9 Å². The van der Waals surface area contributed by atoms with Crippen LogP contribution in [0.2, 0.25) is 0 Å². The summed E-state index contributed by atoms with van der Waals surface area (Å²) in [5, 5.41) is 3.05. The number of ether oxygens (including phenoxy) is 3. The van der Waals surface area contributed by atoms with Gasteiger partial charge in [-0.1, -0.05) is 19.9 Å². The third kappa shape index (κ3) is 6.44. The largest absolute Gasteiger partial charge is 0.495 e.